The van der Waals surface area contributed by atoms with Crippen molar-refractivity contribution in [1.29, 1.82) is 0 Å². The van der Waals surface area contributed by atoms with Gasteiger partial charge in [0.2, 0.25) is 0 Å². The first-order valence-corrected chi connectivity index (χ1v) is 3.90. The van der Waals surface area contributed by atoms with Crippen molar-refractivity contribution in [2.45, 2.75) is 44.7 Å². The van der Waals surface area contributed by atoms with Gasteiger partial charge in [0, 0.05) is 12.8 Å². The molecule has 0 nitrogen and oxygen atoms in total. The summed E-state index contributed by atoms with van der Waals surface area (Å²) in [6, 6.07) is 0. The van der Waals surface area contributed by atoms with Crippen LogP contribution >= 0.6 is 0 Å². The van der Waals surface area contributed by atoms with Gasteiger partial charge in [-0.3, -0.25) is 0 Å². The predicted octanol–water partition coefficient (Wildman–Crippen LogP) is 3.17. The first-order valence-electron chi connectivity index (χ1n) is 3.90. The van der Waals surface area contributed by atoms with Crippen LogP contribution < -0.4 is 0 Å². The molecule has 0 N–H and O–H groups in total. The highest BCUT2D eigenvalue weighted by Gasteiger charge is 2.57. The fourth-order valence-electron chi connectivity index (χ4n) is 1.75. The van der Waals surface area contributed by atoms with Crippen molar-refractivity contribution in [3.8, 4) is 0 Å². The summed E-state index contributed by atoms with van der Waals surface area (Å²) in [6.45, 7) is 3.69. The van der Waals surface area contributed by atoms with E-state index in [1.165, 1.54) is 0 Å². The normalized spacial score (nSPS) is 26.7. The number of hydrogen-bond acceptors (Lipinski definition) is 0. The molecule has 0 atom stereocenters. The van der Waals surface area contributed by atoms with Crippen LogP contribution in [0.4, 0.5) is 13.2 Å². The topological polar surface area (TPSA) is 0 Å². The van der Waals surface area contributed by atoms with E-state index in [0.717, 1.165) is 0 Å². The molecule has 0 bridgehead atoms. The summed E-state index contributed by atoms with van der Waals surface area (Å²) >= 11 is 0. The van der Waals surface area contributed by atoms with Gasteiger partial charge in [0.05, 0.1) is 0 Å². The zero-order valence-corrected chi connectivity index (χ0v) is 6.83. The molecule has 3 heteroatoms. The molecule has 11 heavy (non-hydrogen) atoms. The lowest BCUT2D eigenvalue weighted by Gasteiger charge is -2.41. The molecular weight excluding hydrogens is 153 g/mol. The molecule has 0 aromatic heterocycles. The van der Waals surface area contributed by atoms with Crippen LogP contribution in [0.1, 0.15) is 33.1 Å². The van der Waals surface area contributed by atoms with Gasteiger partial charge in [-0.2, -0.15) is 0 Å². The van der Waals surface area contributed by atoms with Gasteiger partial charge in [-0.15, -0.1) is 0 Å². The third-order valence-corrected chi connectivity index (χ3v) is 1.92. The minimum absolute atomic E-state index is 0.163. The van der Waals surface area contributed by atoms with E-state index >= 15 is 0 Å². The predicted molar refractivity (Wildman–Crippen MR) is 37.5 cm³/mol. The molecular formula is C8H13F3. The van der Waals surface area contributed by atoms with Crippen LogP contribution in [0.2, 0.25) is 0 Å². The number of alkyl halides is 3. The molecule has 66 valence electrons. The highest BCUT2D eigenvalue weighted by Crippen LogP contribution is 2.51. The van der Waals surface area contributed by atoms with Gasteiger partial charge in [-0.25, -0.2) is 13.2 Å². The van der Waals surface area contributed by atoms with Crippen LogP contribution in [0.3, 0.4) is 0 Å². The van der Waals surface area contributed by atoms with Crippen LogP contribution in [-0.4, -0.2) is 11.6 Å². The maximum atomic E-state index is 13.2. The fourth-order valence-corrected chi connectivity index (χ4v) is 1.75. The zero-order chi connectivity index (χ0) is 8.70. The summed E-state index contributed by atoms with van der Waals surface area (Å²) in [5, 5.41) is 0. The van der Waals surface area contributed by atoms with E-state index in [1.807, 2.05) is 13.8 Å². The molecule has 0 saturated heterocycles. The van der Waals surface area contributed by atoms with Crippen molar-refractivity contribution in [3.05, 3.63) is 0 Å². The summed E-state index contributed by atoms with van der Waals surface area (Å²) in [7, 11) is 0. The Morgan fingerprint density at radius 1 is 1.18 bits per heavy atom. The zero-order valence-electron chi connectivity index (χ0n) is 6.83. The van der Waals surface area contributed by atoms with Gasteiger partial charge in [-0.1, -0.05) is 13.8 Å². The second-order valence-corrected chi connectivity index (χ2v) is 3.96. The Hall–Kier alpha value is -0.210. The molecule has 1 aliphatic rings. The Labute approximate surface area is 64.8 Å². The molecule has 0 aliphatic heterocycles. The van der Waals surface area contributed by atoms with Gasteiger partial charge in [0.15, 0.2) is 0 Å². The van der Waals surface area contributed by atoms with E-state index in [2.05, 4.69) is 0 Å². The lowest BCUT2D eigenvalue weighted by atomic mass is 9.73. The summed E-state index contributed by atoms with van der Waals surface area (Å²) in [6.07, 6.45) is -0.876. The van der Waals surface area contributed by atoms with Gasteiger partial charge in [0.1, 0.15) is 5.67 Å². The van der Waals surface area contributed by atoms with Gasteiger partial charge in [0.25, 0.3) is 5.92 Å². The molecule has 0 spiro atoms. The number of rotatable bonds is 2. The molecule has 0 amide bonds. The van der Waals surface area contributed by atoms with Crippen LogP contribution in [0.5, 0.6) is 0 Å². The van der Waals surface area contributed by atoms with Crippen molar-refractivity contribution < 1.29 is 13.2 Å². The van der Waals surface area contributed by atoms with Crippen molar-refractivity contribution >= 4 is 0 Å². The highest BCUT2D eigenvalue weighted by atomic mass is 19.3. The van der Waals surface area contributed by atoms with Crippen LogP contribution in [0.25, 0.3) is 0 Å². The summed E-state index contributed by atoms with van der Waals surface area (Å²) in [5.74, 6) is -2.57. The van der Waals surface area contributed by atoms with Crippen LogP contribution in [0.15, 0.2) is 0 Å². The highest BCUT2D eigenvalue weighted by molar-refractivity contribution is 5.00. The number of hydrogen-bond donors (Lipinski definition) is 0. The minimum Gasteiger partial charge on any atom is -0.243 e. The van der Waals surface area contributed by atoms with Gasteiger partial charge >= 0.3 is 0 Å². The standard InChI is InChI=1S/C8H13F3/c1-6(2)3-7(9)4-8(10,11)5-7/h6H,3-5H2,1-2H3. The third-order valence-electron chi connectivity index (χ3n) is 1.92. The maximum Gasteiger partial charge on any atom is 0.254 e. The molecule has 0 radical (unpaired) electrons. The average Bonchev–Trinajstić information content (AvgIpc) is 1.52. The monoisotopic (exact) mass is 166 g/mol. The SMILES string of the molecule is CC(C)CC1(F)CC(F)(F)C1. The lowest BCUT2D eigenvalue weighted by Crippen LogP contribution is -2.49. The van der Waals surface area contributed by atoms with Crippen LogP contribution in [0, 0.1) is 5.92 Å². The number of halogens is 3. The Kier molecular flexibility index (Phi) is 1.93. The average molecular weight is 166 g/mol. The van der Waals surface area contributed by atoms with E-state index in [9.17, 15) is 13.2 Å². The second-order valence-electron chi connectivity index (χ2n) is 3.96. The molecule has 0 unspecified atom stereocenters. The largest absolute Gasteiger partial charge is 0.254 e. The molecule has 1 rings (SSSR count). The Morgan fingerprint density at radius 3 is 1.91 bits per heavy atom. The molecule has 0 heterocycles. The quantitative estimate of drug-likeness (QED) is 0.591. The molecule has 0 aromatic rings. The van der Waals surface area contributed by atoms with Gasteiger partial charge in [-0.05, 0) is 12.3 Å². The van der Waals surface area contributed by atoms with Crippen molar-refractivity contribution in [3.63, 3.8) is 0 Å². The third kappa shape index (κ3) is 2.11. The van der Waals surface area contributed by atoms with E-state index in [0.29, 0.717) is 0 Å². The van der Waals surface area contributed by atoms with E-state index in [1.54, 1.807) is 0 Å². The molecule has 1 saturated carbocycles. The van der Waals surface area contributed by atoms with Crippen molar-refractivity contribution in [2.75, 3.05) is 0 Å². The van der Waals surface area contributed by atoms with Gasteiger partial charge < -0.3 is 0 Å². The fraction of sp³-hybridized carbons (Fsp3) is 1.00. The molecule has 0 aromatic carbocycles. The summed E-state index contributed by atoms with van der Waals surface area (Å²) in [5.41, 5.74) is -1.57. The molecule has 1 aliphatic carbocycles. The van der Waals surface area contributed by atoms with Crippen molar-refractivity contribution in [2.24, 2.45) is 5.92 Å². The minimum atomic E-state index is -2.73. The maximum absolute atomic E-state index is 13.2. The smallest absolute Gasteiger partial charge is 0.243 e. The first-order chi connectivity index (χ1) is 4.83. The summed E-state index contributed by atoms with van der Waals surface area (Å²) < 4.78 is 37.7. The Bertz CT molecular complexity index is 138. The Balaban J connectivity index is 2.37. The summed E-state index contributed by atoms with van der Waals surface area (Å²) in [4.78, 5) is 0. The van der Waals surface area contributed by atoms with Crippen molar-refractivity contribution in [1.82, 2.24) is 0 Å². The van der Waals surface area contributed by atoms with E-state index in [-0.39, 0.29) is 12.3 Å². The first kappa shape index (κ1) is 8.88. The van der Waals surface area contributed by atoms with E-state index in [4.69, 9.17) is 0 Å². The lowest BCUT2D eigenvalue weighted by molar-refractivity contribution is -0.175. The van der Waals surface area contributed by atoms with E-state index < -0.39 is 24.4 Å². The van der Waals surface area contributed by atoms with Crippen LogP contribution in [-0.2, 0) is 0 Å². The molecule has 1 fully saturated rings. The Morgan fingerprint density at radius 2 is 1.64 bits per heavy atom. The second kappa shape index (κ2) is 2.39.